The van der Waals surface area contributed by atoms with Crippen molar-refractivity contribution < 1.29 is 18.7 Å². The molecule has 1 aliphatic rings. The van der Waals surface area contributed by atoms with E-state index in [9.17, 15) is 9.59 Å². The van der Waals surface area contributed by atoms with Crippen molar-refractivity contribution in [2.24, 2.45) is 0 Å². The monoisotopic (exact) mass is 435 g/mol. The number of nitrogens with zero attached hydrogens (tertiary/aromatic N) is 2. The highest BCUT2D eigenvalue weighted by molar-refractivity contribution is 6.30. The Balaban J connectivity index is 1.47. The third-order valence-corrected chi connectivity index (χ3v) is 5.00. The zero-order valence-corrected chi connectivity index (χ0v) is 17.7. The molecule has 1 fully saturated rings. The van der Waals surface area contributed by atoms with Crippen LogP contribution in [0.25, 0.3) is 0 Å². The number of piperazine rings is 1. The summed E-state index contributed by atoms with van der Waals surface area (Å²) in [6, 6.07) is 9.25. The number of hydrogen-bond donors (Lipinski definition) is 1. The van der Waals surface area contributed by atoms with Crippen LogP contribution in [0.3, 0.4) is 0 Å². The summed E-state index contributed by atoms with van der Waals surface area (Å²) in [5.74, 6) is 0.257. The first-order chi connectivity index (χ1) is 14.5. The number of nitrogens with one attached hydrogen (secondary N) is 1. The zero-order valence-electron chi connectivity index (χ0n) is 16.9. The smallest absolute Gasteiger partial charge is 0.258 e. The van der Waals surface area contributed by atoms with Crippen LogP contribution < -0.4 is 20.4 Å². The van der Waals surface area contributed by atoms with E-state index >= 15 is 0 Å². The third kappa shape index (κ3) is 6.48. The number of rotatable bonds is 9. The zero-order chi connectivity index (χ0) is 21.3. The van der Waals surface area contributed by atoms with Gasteiger partial charge in [0.1, 0.15) is 12.0 Å². The minimum Gasteiger partial charge on any atom is -0.477 e. The lowest BCUT2D eigenvalue weighted by Gasteiger charge is -2.35. The molecule has 1 aromatic heterocycles. The molecule has 3 rings (SSSR count). The second kappa shape index (κ2) is 11.0. The minimum absolute atomic E-state index is 0.0198. The van der Waals surface area contributed by atoms with Gasteiger partial charge in [-0.1, -0.05) is 17.7 Å². The number of carbonyl (C=O) groups excluding carboxylic acids is 1. The predicted molar refractivity (Wildman–Crippen MR) is 114 cm³/mol. The van der Waals surface area contributed by atoms with Crippen LogP contribution in [0.1, 0.15) is 5.76 Å². The van der Waals surface area contributed by atoms with Crippen molar-refractivity contribution in [1.82, 2.24) is 10.2 Å². The van der Waals surface area contributed by atoms with Crippen LogP contribution in [0.4, 0.5) is 5.69 Å². The van der Waals surface area contributed by atoms with Gasteiger partial charge in [-0.3, -0.25) is 14.5 Å². The fraction of sp³-hybridized carbons (Fsp3) is 0.429. The van der Waals surface area contributed by atoms with Gasteiger partial charge >= 0.3 is 0 Å². The van der Waals surface area contributed by atoms with E-state index in [2.05, 4.69) is 21.2 Å². The fourth-order valence-corrected chi connectivity index (χ4v) is 3.36. The van der Waals surface area contributed by atoms with E-state index in [1.165, 1.54) is 12.3 Å². The molecule has 2 heterocycles. The molecule has 1 amide bonds. The number of methoxy groups -OCH3 is 1. The first kappa shape index (κ1) is 22.1. The van der Waals surface area contributed by atoms with Gasteiger partial charge in [0.15, 0.2) is 6.61 Å². The number of hydrogen-bond acceptors (Lipinski definition) is 7. The largest absolute Gasteiger partial charge is 0.477 e. The van der Waals surface area contributed by atoms with Gasteiger partial charge in [0.2, 0.25) is 11.2 Å². The van der Waals surface area contributed by atoms with Crippen LogP contribution in [-0.4, -0.2) is 63.9 Å². The van der Waals surface area contributed by atoms with Gasteiger partial charge in [0.05, 0.1) is 13.2 Å². The maximum absolute atomic E-state index is 12.2. The first-order valence-corrected chi connectivity index (χ1v) is 10.2. The van der Waals surface area contributed by atoms with E-state index < -0.39 is 0 Å². The summed E-state index contributed by atoms with van der Waals surface area (Å²) in [7, 11) is 1.55. The second-order valence-corrected chi connectivity index (χ2v) is 7.39. The minimum atomic E-state index is -0.326. The van der Waals surface area contributed by atoms with Gasteiger partial charge in [0, 0.05) is 56.6 Å². The number of halogens is 1. The maximum atomic E-state index is 12.2. The molecule has 2 aromatic rings. The summed E-state index contributed by atoms with van der Waals surface area (Å²) in [4.78, 5) is 28.4. The molecular weight excluding hydrogens is 410 g/mol. The number of anilines is 1. The molecule has 1 saturated heterocycles. The van der Waals surface area contributed by atoms with E-state index in [4.69, 9.17) is 25.5 Å². The summed E-state index contributed by atoms with van der Waals surface area (Å²) in [6.07, 6.45) is 1.27. The molecule has 0 atom stereocenters. The number of benzene rings is 1. The van der Waals surface area contributed by atoms with Crippen LogP contribution in [0.5, 0.6) is 5.75 Å². The average Bonchev–Trinajstić information content (AvgIpc) is 2.74. The molecule has 0 radical (unpaired) electrons. The maximum Gasteiger partial charge on any atom is 0.258 e. The van der Waals surface area contributed by atoms with Gasteiger partial charge in [-0.15, -0.1) is 0 Å². The van der Waals surface area contributed by atoms with E-state index in [1.807, 2.05) is 18.2 Å². The van der Waals surface area contributed by atoms with E-state index in [0.717, 1.165) is 36.9 Å². The van der Waals surface area contributed by atoms with E-state index in [1.54, 1.807) is 7.11 Å². The van der Waals surface area contributed by atoms with Crippen molar-refractivity contribution in [3.63, 3.8) is 0 Å². The highest BCUT2D eigenvalue weighted by atomic mass is 35.5. The molecule has 0 aliphatic carbocycles. The lowest BCUT2D eigenvalue weighted by atomic mass is 10.2. The van der Waals surface area contributed by atoms with Crippen molar-refractivity contribution in [1.29, 1.82) is 0 Å². The summed E-state index contributed by atoms with van der Waals surface area (Å²) >= 11 is 6.08. The standard InChI is InChI=1S/C21H26ClN3O5/c1-28-10-5-23-21(27)15-30-20-14-29-18(12-19(20)26)13-24-6-8-25(9-7-24)17-4-2-3-16(22)11-17/h2-4,11-12,14H,5-10,13,15H2,1H3,(H,23,27). The molecule has 0 saturated carbocycles. The lowest BCUT2D eigenvalue weighted by Crippen LogP contribution is -2.46. The van der Waals surface area contributed by atoms with E-state index in [0.29, 0.717) is 25.5 Å². The molecule has 0 bridgehead atoms. The molecule has 30 heavy (non-hydrogen) atoms. The van der Waals surface area contributed by atoms with Crippen molar-refractivity contribution in [2.45, 2.75) is 6.54 Å². The fourth-order valence-electron chi connectivity index (χ4n) is 3.17. The van der Waals surface area contributed by atoms with Crippen LogP contribution in [0.2, 0.25) is 5.02 Å². The lowest BCUT2D eigenvalue weighted by molar-refractivity contribution is -0.123. The van der Waals surface area contributed by atoms with E-state index in [-0.39, 0.29) is 23.7 Å². The van der Waals surface area contributed by atoms with Crippen molar-refractivity contribution in [3.05, 3.63) is 57.6 Å². The quantitative estimate of drug-likeness (QED) is 0.601. The van der Waals surface area contributed by atoms with Crippen LogP contribution in [-0.2, 0) is 16.1 Å². The Morgan fingerprint density at radius 2 is 2.03 bits per heavy atom. The van der Waals surface area contributed by atoms with Crippen LogP contribution in [0.15, 0.2) is 45.8 Å². The summed E-state index contributed by atoms with van der Waals surface area (Å²) in [5.41, 5.74) is 0.806. The number of ether oxygens (including phenoxy) is 2. The van der Waals surface area contributed by atoms with Crippen molar-refractivity contribution >= 4 is 23.2 Å². The SMILES string of the molecule is COCCNC(=O)COc1coc(CN2CCN(c3cccc(Cl)c3)CC2)cc1=O. The Hall–Kier alpha value is -2.55. The predicted octanol–water partition coefficient (Wildman–Crippen LogP) is 1.76. The highest BCUT2D eigenvalue weighted by Crippen LogP contribution is 2.21. The summed E-state index contributed by atoms with van der Waals surface area (Å²) in [5, 5.41) is 3.35. The van der Waals surface area contributed by atoms with Crippen molar-refractivity contribution in [3.8, 4) is 5.75 Å². The van der Waals surface area contributed by atoms with Crippen LogP contribution in [0, 0.1) is 0 Å². The normalized spacial score (nSPS) is 14.5. The molecule has 1 N–H and O–H groups in total. The Morgan fingerprint density at radius 3 is 2.73 bits per heavy atom. The number of amides is 1. The number of carbonyl (C=O) groups is 1. The second-order valence-electron chi connectivity index (χ2n) is 6.95. The Bertz CT molecular complexity index is 896. The van der Waals surface area contributed by atoms with Gasteiger partial charge in [-0.05, 0) is 18.2 Å². The van der Waals surface area contributed by atoms with Gasteiger partial charge in [0.25, 0.3) is 5.91 Å². The summed E-state index contributed by atoms with van der Waals surface area (Å²) in [6.45, 7) is 4.50. The topological polar surface area (TPSA) is 84.2 Å². The first-order valence-electron chi connectivity index (χ1n) is 9.78. The molecule has 9 heteroatoms. The van der Waals surface area contributed by atoms with Gasteiger partial charge < -0.3 is 24.1 Å². The Kier molecular flexibility index (Phi) is 8.12. The Labute approximate surface area is 180 Å². The summed E-state index contributed by atoms with van der Waals surface area (Å²) < 4.78 is 15.7. The molecular formula is C21H26ClN3O5. The van der Waals surface area contributed by atoms with Crippen LogP contribution >= 0.6 is 11.6 Å². The molecule has 0 unspecified atom stereocenters. The molecule has 8 nitrogen and oxygen atoms in total. The average molecular weight is 436 g/mol. The molecule has 1 aromatic carbocycles. The van der Waals surface area contributed by atoms with Gasteiger partial charge in [-0.25, -0.2) is 0 Å². The highest BCUT2D eigenvalue weighted by Gasteiger charge is 2.19. The molecule has 162 valence electrons. The Morgan fingerprint density at radius 1 is 1.23 bits per heavy atom. The third-order valence-electron chi connectivity index (χ3n) is 4.76. The molecule has 0 spiro atoms. The van der Waals surface area contributed by atoms with Gasteiger partial charge in [-0.2, -0.15) is 0 Å². The molecule has 1 aliphatic heterocycles. The van der Waals surface area contributed by atoms with Crippen molar-refractivity contribution in [2.75, 3.05) is 57.9 Å².